The van der Waals surface area contributed by atoms with Gasteiger partial charge in [-0.05, 0) is 48.2 Å². The molecule has 3 nitrogen and oxygen atoms in total. The van der Waals surface area contributed by atoms with Crippen molar-refractivity contribution in [1.82, 2.24) is 4.90 Å². The quantitative estimate of drug-likeness (QED) is 0.917. The average Bonchev–Trinajstić information content (AvgIpc) is 2.77. The molecular formula is C18H20N2O. The maximum atomic E-state index is 12.6. The Bertz CT molecular complexity index is 607. The first-order chi connectivity index (χ1) is 10.3. The van der Waals surface area contributed by atoms with E-state index in [4.69, 9.17) is 0 Å². The smallest absolute Gasteiger partial charge is 0.253 e. The van der Waals surface area contributed by atoms with E-state index in [-0.39, 0.29) is 5.91 Å². The van der Waals surface area contributed by atoms with Crippen molar-refractivity contribution in [3.63, 3.8) is 0 Å². The molecule has 0 fully saturated rings. The Morgan fingerprint density at radius 1 is 0.952 bits per heavy atom. The fourth-order valence-electron chi connectivity index (χ4n) is 2.83. The van der Waals surface area contributed by atoms with Crippen LogP contribution in [-0.2, 0) is 12.8 Å². The molecule has 3 rings (SSSR count). The Hall–Kier alpha value is -2.29. The van der Waals surface area contributed by atoms with Gasteiger partial charge in [-0.25, -0.2) is 0 Å². The number of hydrogen-bond acceptors (Lipinski definition) is 2. The van der Waals surface area contributed by atoms with Crippen molar-refractivity contribution in [3.8, 4) is 0 Å². The zero-order chi connectivity index (χ0) is 14.7. The first-order valence-corrected chi connectivity index (χ1v) is 7.42. The number of benzene rings is 2. The molecule has 1 heterocycles. The van der Waals surface area contributed by atoms with Crippen LogP contribution in [0.15, 0.2) is 48.5 Å². The van der Waals surface area contributed by atoms with Crippen molar-refractivity contribution in [2.45, 2.75) is 12.8 Å². The summed E-state index contributed by atoms with van der Waals surface area (Å²) in [4.78, 5) is 14.6. The largest absolute Gasteiger partial charge is 0.388 e. The Balaban J connectivity index is 1.74. The number of carbonyl (C=O) groups is 1. The predicted molar refractivity (Wildman–Crippen MR) is 85.7 cm³/mol. The zero-order valence-corrected chi connectivity index (χ0v) is 12.3. The molecule has 1 amide bonds. The van der Waals surface area contributed by atoms with Crippen molar-refractivity contribution in [1.29, 1.82) is 0 Å². The molecule has 0 aromatic heterocycles. The topological polar surface area (TPSA) is 32.3 Å². The summed E-state index contributed by atoms with van der Waals surface area (Å²) in [5.74, 6) is 0.130. The molecule has 1 aliphatic heterocycles. The normalized spacial score (nSPS) is 14.2. The van der Waals surface area contributed by atoms with Crippen LogP contribution < -0.4 is 5.32 Å². The third-order valence-electron chi connectivity index (χ3n) is 4.13. The van der Waals surface area contributed by atoms with E-state index in [1.165, 1.54) is 11.1 Å². The van der Waals surface area contributed by atoms with Crippen LogP contribution in [-0.4, -0.2) is 30.9 Å². The van der Waals surface area contributed by atoms with Gasteiger partial charge in [-0.3, -0.25) is 4.79 Å². The van der Waals surface area contributed by atoms with Crippen LogP contribution in [0.4, 0.5) is 5.69 Å². The lowest BCUT2D eigenvalue weighted by Crippen LogP contribution is -2.33. The van der Waals surface area contributed by atoms with Crippen LogP contribution >= 0.6 is 0 Å². The average molecular weight is 280 g/mol. The van der Waals surface area contributed by atoms with E-state index in [0.717, 1.165) is 37.2 Å². The summed E-state index contributed by atoms with van der Waals surface area (Å²) in [6, 6.07) is 16.2. The Kier molecular flexibility index (Phi) is 3.91. The molecule has 108 valence electrons. The van der Waals surface area contributed by atoms with Crippen LogP contribution in [0, 0.1) is 0 Å². The second-order valence-electron chi connectivity index (χ2n) is 5.39. The summed E-state index contributed by atoms with van der Waals surface area (Å²) in [7, 11) is 1.88. The van der Waals surface area contributed by atoms with E-state index in [0.29, 0.717) is 0 Å². The molecule has 0 atom stereocenters. The predicted octanol–water partition coefficient (Wildman–Crippen LogP) is 2.97. The van der Waals surface area contributed by atoms with Gasteiger partial charge in [0, 0.05) is 31.4 Å². The zero-order valence-electron chi connectivity index (χ0n) is 12.3. The summed E-state index contributed by atoms with van der Waals surface area (Å²) < 4.78 is 0. The number of rotatable bonds is 2. The van der Waals surface area contributed by atoms with Crippen molar-refractivity contribution >= 4 is 11.6 Å². The molecule has 0 aliphatic carbocycles. The number of nitrogens with zero attached hydrogens (tertiary/aromatic N) is 1. The lowest BCUT2D eigenvalue weighted by Gasteiger charge is -2.20. The fraction of sp³-hybridized carbons (Fsp3) is 0.278. The number of fused-ring (bicyclic) bond motifs is 1. The Labute approximate surface area is 125 Å². The van der Waals surface area contributed by atoms with Crippen LogP contribution in [0.2, 0.25) is 0 Å². The van der Waals surface area contributed by atoms with E-state index in [1.807, 2.05) is 36.2 Å². The van der Waals surface area contributed by atoms with Gasteiger partial charge in [0.05, 0.1) is 0 Å². The first-order valence-electron chi connectivity index (χ1n) is 7.42. The van der Waals surface area contributed by atoms with Gasteiger partial charge >= 0.3 is 0 Å². The molecule has 1 N–H and O–H groups in total. The summed E-state index contributed by atoms with van der Waals surface area (Å²) in [6.07, 6.45) is 1.88. The highest BCUT2D eigenvalue weighted by Gasteiger charge is 2.19. The summed E-state index contributed by atoms with van der Waals surface area (Å²) in [5, 5.41) is 3.07. The summed E-state index contributed by atoms with van der Waals surface area (Å²) >= 11 is 0. The van der Waals surface area contributed by atoms with Crippen LogP contribution in [0.1, 0.15) is 21.5 Å². The molecule has 1 aliphatic rings. The minimum absolute atomic E-state index is 0.130. The fourth-order valence-corrected chi connectivity index (χ4v) is 2.83. The maximum Gasteiger partial charge on any atom is 0.253 e. The van der Waals surface area contributed by atoms with Gasteiger partial charge in [0.15, 0.2) is 0 Å². The van der Waals surface area contributed by atoms with Gasteiger partial charge < -0.3 is 10.2 Å². The van der Waals surface area contributed by atoms with Gasteiger partial charge in [-0.1, -0.05) is 24.3 Å². The van der Waals surface area contributed by atoms with Crippen molar-refractivity contribution < 1.29 is 4.79 Å². The lowest BCUT2D eigenvalue weighted by molar-refractivity contribution is 0.0763. The van der Waals surface area contributed by atoms with Crippen LogP contribution in [0.25, 0.3) is 0 Å². The number of amides is 1. The van der Waals surface area contributed by atoms with Crippen LogP contribution in [0.5, 0.6) is 0 Å². The molecule has 0 spiro atoms. The second kappa shape index (κ2) is 6.00. The van der Waals surface area contributed by atoms with E-state index in [2.05, 4.69) is 29.6 Å². The number of anilines is 1. The summed E-state index contributed by atoms with van der Waals surface area (Å²) in [6.45, 7) is 1.59. The van der Waals surface area contributed by atoms with Crippen LogP contribution in [0.3, 0.4) is 0 Å². The Morgan fingerprint density at radius 2 is 1.52 bits per heavy atom. The SMILES string of the molecule is CNc1ccc(C(=O)N2CCc3ccccc3CC2)cc1. The van der Waals surface area contributed by atoms with Crippen molar-refractivity contribution in [2.75, 3.05) is 25.5 Å². The molecule has 3 heteroatoms. The molecule has 2 aromatic rings. The number of nitrogens with one attached hydrogen (secondary N) is 1. The molecule has 21 heavy (non-hydrogen) atoms. The molecule has 0 bridgehead atoms. The van der Waals surface area contributed by atoms with E-state index in [1.54, 1.807) is 0 Å². The molecule has 2 aromatic carbocycles. The highest BCUT2D eigenvalue weighted by atomic mass is 16.2. The number of hydrogen-bond donors (Lipinski definition) is 1. The first kappa shape index (κ1) is 13.7. The third-order valence-corrected chi connectivity index (χ3v) is 4.13. The van der Waals surface area contributed by atoms with Gasteiger partial charge in [-0.2, -0.15) is 0 Å². The van der Waals surface area contributed by atoms with Gasteiger partial charge in [0.25, 0.3) is 5.91 Å². The molecular weight excluding hydrogens is 260 g/mol. The molecule has 0 unspecified atom stereocenters. The molecule has 0 saturated carbocycles. The maximum absolute atomic E-state index is 12.6. The van der Waals surface area contributed by atoms with Crippen molar-refractivity contribution in [3.05, 3.63) is 65.2 Å². The second-order valence-corrected chi connectivity index (χ2v) is 5.39. The number of carbonyl (C=O) groups excluding carboxylic acids is 1. The van der Waals surface area contributed by atoms with E-state index >= 15 is 0 Å². The highest BCUT2D eigenvalue weighted by Crippen LogP contribution is 2.18. The monoisotopic (exact) mass is 280 g/mol. The van der Waals surface area contributed by atoms with Gasteiger partial charge in [-0.15, -0.1) is 0 Å². The van der Waals surface area contributed by atoms with E-state index < -0.39 is 0 Å². The lowest BCUT2D eigenvalue weighted by atomic mass is 10.0. The molecule has 0 saturated heterocycles. The standard InChI is InChI=1S/C18H20N2O/c1-19-17-8-6-16(7-9-17)18(21)20-12-10-14-4-2-3-5-15(14)11-13-20/h2-9,19H,10-13H2,1H3. The minimum Gasteiger partial charge on any atom is -0.388 e. The Morgan fingerprint density at radius 3 is 2.05 bits per heavy atom. The molecule has 0 radical (unpaired) electrons. The van der Waals surface area contributed by atoms with Gasteiger partial charge in [0.2, 0.25) is 0 Å². The third kappa shape index (κ3) is 2.92. The van der Waals surface area contributed by atoms with Crippen molar-refractivity contribution in [2.24, 2.45) is 0 Å². The van der Waals surface area contributed by atoms with E-state index in [9.17, 15) is 4.79 Å². The highest BCUT2D eigenvalue weighted by molar-refractivity contribution is 5.94. The minimum atomic E-state index is 0.130. The van der Waals surface area contributed by atoms with Gasteiger partial charge in [0.1, 0.15) is 0 Å². The summed E-state index contributed by atoms with van der Waals surface area (Å²) in [5.41, 5.74) is 4.53.